The van der Waals surface area contributed by atoms with Crippen LogP contribution in [0.25, 0.3) is 0 Å². The Labute approximate surface area is 163 Å². The summed E-state index contributed by atoms with van der Waals surface area (Å²) in [7, 11) is 0. The lowest BCUT2D eigenvalue weighted by Crippen LogP contribution is -2.58. The number of halogens is 2. The highest BCUT2D eigenvalue weighted by atomic mass is 35.5. The van der Waals surface area contributed by atoms with Gasteiger partial charge in [0, 0.05) is 17.0 Å². The molecule has 0 atom stereocenters. The van der Waals surface area contributed by atoms with E-state index in [2.05, 4.69) is 5.32 Å². The summed E-state index contributed by atoms with van der Waals surface area (Å²) in [4.78, 5) is 23.8. The Bertz CT molecular complexity index is 682. The van der Waals surface area contributed by atoms with E-state index in [0.717, 1.165) is 19.3 Å². The van der Waals surface area contributed by atoms with Gasteiger partial charge >= 0.3 is 5.97 Å². The normalized spacial score (nSPS) is 27.2. The SMILES string of the molecule is O=C(CCCOc1ccc(Cl)cc1Cl)NC12CCC(C(=O)O)(CC1)CC2. The second-order valence-corrected chi connectivity index (χ2v) is 8.28. The van der Waals surface area contributed by atoms with Gasteiger partial charge < -0.3 is 15.2 Å². The molecule has 3 fully saturated rings. The number of benzene rings is 1. The molecule has 3 aliphatic rings. The molecule has 5 nitrogen and oxygen atoms in total. The first kappa shape index (κ1) is 19.3. The molecule has 7 heteroatoms. The van der Waals surface area contributed by atoms with Crippen LogP contribution in [0, 0.1) is 5.41 Å². The summed E-state index contributed by atoms with van der Waals surface area (Å²) in [5.41, 5.74) is -0.771. The number of amides is 1. The molecule has 1 aromatic carbocycles. The lowest BCUT2D eigenvalue weighted by atomic mass is 9.57. The first-order valence-electron chi connectivity index (χ1n) is 8.97. The van der Waals surface area contributed by atoms with E-state index in [1.54, 1.807) is 18.2 Å². The fraction of sp³-hybridized carbons (Fsp3) is 0.579. The molecular formula is C19H23Cl2NO4. The third kappa shape index (κ3) is 4.09. The van der Waals surface area contributed by atoms with Crippen LogP contribution in [0.4, 0.5) is 0 Å². The Morgan fingerprint density at radius 2 is 1.77 bits per heavy atom. The Morgan fingerprint density at radius 1 is 1.12 bits per heavy atom. The van der Waals surface area contributed by atoms with Gasteiger partial charge in [-0.1, -0.05) is 23.2 Å². The Morgan fingerprint density at radius 3 is 2.35 bits per heavy atom. The van der Waals surface area contributed by atoms with Crippen LogP contribution in [0.3, 0.4) is 0 Å². The molecule has 142 valence electrons. The van der Waals surface area contributed by atoms with Crippen LogP contribution < -0.4 is 10.1 Å². The van der Waals surface area contributed by atoms with Crippen LogP contribution in [0.5, 0.6) is 5.75 Å². The highest BCUT2D eigenvalue weighted by Crippen LogP contribution is 2.52. The van der Waals surface area contributed by atoms with Gasteiger partial charge in [-0.05, 0) is 63.1 Å². The zero-order valence-corrected chi connectivity index (χ0v) is 16.0. The summed E-state index contributed by atoms with van der Waals surface area (Å²) in [5.74, 6) is -0.129. The maximum absolute atomic E-state index is 12.3. The van der Waals surface area contributed by atoms with E-state index in [4.69, 9.17) is 27.9 Å². The van der Waals surface area contributed by atoms with Gasteiger partial charge in [-0.2, -0.15) is 0 Å². The van der Waals surface area contributed by atoms with Gasteiger partial charge in [0.25, 0.3) is 0 Å². The number of carboxylic acids is 1. The van der Waals surface area contributed by atoms with Crippen LogP contribution >= 0.6 is 23.2 Å². The number of ether oxygens (including phenoxy) is 1. The van der Waals surface area contributed by atoms with Crippen molar-refractivity contribution in [2.75, 3.05) is 6.61 Å². The molecule has 1 amide bonds. The summed E-state index contributed by atoms with van der Waals surface area (Å²) in [5, 5.41) is 13.6. The lowest BCUT2D eigenvalue weighted by Gasteiger charge is -2.51. The molecule has 2 bridgehead atoms. The molecule has 0 radical (unpaired) electrons. The summed E-state index contributed by atoms with van der Waals surface area (Å²) in [6.07, 6.45) is 5.17. The summed E-state index contributed by atoms with van der Waals surface area (Å²) in [6, 6.07) is 5.04. The van der Waals surface area contributed by atoms with Gasteiger partial charge in [0.15, 0.2) is 0 Å². The van der Waals surface area contributed by atoms with Crippen LogP contribution in [-0.2, 0) is 9.59 Å². The Kier molecular flexibility index (Phi) is 5.68. The fourth-order valence-electron chi connectivity index (χ4n) is 4.06. The second-order valence-electron chi connectivity index (χ2n) is 7.44. The van der Waals surface area contributed by atoms with Gasteiger partial charge in [0.1, 0.15) is 5.75 Å². The molecule has 2 N–H and O–H groups in total. The number of fused-ring (bicyclic) bond motifs is 3. The van der Waals surface area contributed by atoms with Gasteiger partial charge in [0.2, 0.25) is 5.91 Å². The van der Waals surface area contributed by atoms with E-state index in [1.807, 2.05) is 0 Å². The molecule has 3 saturated carbocycles. The molecule has 0 spiro atoms. The topological polar surface area (TPSA) is 75.6 Å². The van der Waals surface area contributed by atoms with Crippen molar-refractivity contribution in [3.8, 4) is 5.75 Å². The minimum Gasteiger partial charge on any atom is -0.492 e. The second kappa shape index (κ2) is 7.65. The number of carbonyl (C=O) groups excluding carboxylic acids is 1. The lowest BCUT2D eigenvalue weighted by molar-refractivity contribution is -0.157. The predicted molar refractivity (Wildman–Crippen MR) is 99.8 cm³/mol. The average molecular weight is 400 g/mol. The first-order chi connectivity index (χ1) is 12.3. The van der Waals surface area contributed by atoms with Crippen molar-refractivity contribution in [3.63, 3.8) is 0 Å². The Hall–Kier alpha value is -1.46. The molecule has 0 unspecified atom stereocenters. The van der Waals surface area contributed by atoms with Crippen molar-refractivity contribution in [3.05, 3.63) is 28.2 Å². The van der Waals surface area contributed by atoms with Crippen molar-refractivity contribution >= 4 is 35.1 Å². The van der Waals surface area contributed by atoms with E-state index in [1.165, 1.54) is 0 Å². The molecule has 1 aromatic rings. The minimum absolute atomic E-state index is 0.000489. The number of carboxylic acid groups (broad SMARTS) is 1. The van der Waals surface area contributed by atoms with Crippen molar-refractivity contribution < 1.29 is 19.4 Å². The zero-order chi connectivity index (χ0) is 18.8. The van der Waals surface area contributed by atoms with Crippen molar-refractivity contribution in [1.82, 2.24) is 5.32 Å². The molecule has 0 aromatic heterocycles. The quantitative estimate of drug-likeness (QED) is 0.664. The van der Waals surface area contributed by atoms with E-state index < -0.39 is 11.4 Å². The molecule has 26 heavy (non-hydrogen) atoms. The number of hydrogen-bond acceptors (Lipinski definition) is 3. The number of hydrogen-bond donors (Lipinski definition) is 2. The van der Waals surface area contributed by atoms with Gasteiger partial charge in [0.05, 0.1) is 17.0 Å². The highest BCUT2D eigenvalue weighted by Gasteiger charge is 2.52. The standard InChI is InChI=1S/C19H23Cl2NO4/c20-13-3-4-15(14(21)12-13)26-11-1-2-16(23)22-19-8-5-18(6-9-19,7-10-19)17(24)25/h3-4,12H,1-2,5-11H2,(H,22,23)(H,24,25). The average Bonchev–Trinajstić information content (AvgIpc) is 2.61. The highest BCUT2D eigenvalue weighted by molar-refractivity contribution is 6.35. The first-order valence-corrected chi connectivity index (χ1v) is 9.72. The summed E-state index contributed by atoms with van der Waals surface area (Å²) in [6.45, 7) is 0.393. The van der Waals surface area contributed by atoms with E-state index >= 15 is 0 Å². The van der Waals surface area contributed by atoms with Crippen LogP contribution in [0.2, 0.25) is 10.0 Å². The van der Waals surface area contributed by atoms with E-state index in [0.29, 0.717) is 54.5 Å². The zero-order valence-electron chi connectivity index (χ0n) is 14.5. The fourth-order valence-corrected chi connectivity index (χ4v) is 4.52. The predicted octanol–water partition coefficient (Wildman–Crippen LogP) is 4.45. The van der Waals surface area contributed by atoms with Crippen molar-refractivity contribution in [2.45, 2.75) is 56.9 Å². The monoisotopic (exact) mass is 399 g/mol. The molecule has 4 rings (SSSR count). The van der Waals surface area contributed by atoms with Gasteiger partial charge in [-0.15, -0.1) is 0 Å². The number of aliphatic carboxylic acids is 1. The molecule has 0 heterocycles. The number of rotatable bonds is 7. The third-order valence-corrected chi connectivity index (χ3v) is 6.33. The molecule has 0 saturated heterocycles. The molecule has 3 aliphatic carbocycles. The Balaban J connectivity index is 1.42. The molecule has 0 aliphatic heterocycles. The molecular weight excluding hydrogens is 377 g/mol. The van der Waals surface area contributed by atoms with Gasteiger partial charge in [-0.3, -0.25) is 9.59 Å². The number of carbonyl (C=O) groups is 2. The summed E-state index contributed by atoms with van der Waals surface area (Å²) < 4.78 is 5.60. The van der Waals surface area contributed by atoms with E-state index in [-0.39, 0.29) is 11.4 Å². The maximum Gasteiger partial charge on any atom is 0.309 e. The van der Waals surface area contributed by atoms with Crippen LogP contribution in [0.15, 0.2) is 18.2 Å². The van der Waals surface area contributed by atoms with Crippen LogP contribution in [0.1, 0.15) is 51.4 Å². The van der Waals surface area contributed by atoms with Crippen molar-refractivity contribution in [2.24, 2.45) is 5.41 Å². The minimum atomic E-state index is -0.685. The summed E-state index contributed by atoms with van der Waals surface area (Å²) >= 11 is 11.9. The van der Waals surface area contributed by atoms with Gasteiger partial charge in [-0.25, -0.2) is 0 Å². The largest absolute Gasteiger partial charge is 0.492 e. The smallest absolute Gasteiger partial charge is 0.309 e. The number of nitrogens with one attached hydrogen (secondary N) is 1. The maximum atomic E-state index is 12.3. The van der Waals surface area contributed by atoms with Crippen molar-refractivity contribution in [1.29, 1.82) is 0 Å². The third-order valence-electron chi connectivity index (χ3n) is 5.80. The van der Waals surface area contributed by atoms with E-state index in [9.17, 15) is 14.7 Å². The van der Waals surface area contributed by atoms with Crippen LogP contribution in [-0.4, -0.2) is 29.1 Å².